The third kappa shape index (κ3) is 5.06. The van der Waals surface area contributed by atoms with E-state index in [2.05, 4.69) is 40.7 Å². The molecule has 2 atom stereocenters. The van der Waals surface area contributed by atoms with Crippen molar-refractivity contribution in [2.75, 3.05) is 0 Å². The van der Waals surface area contributed by atoms with Gasteiger partial charge in [-0.05, 0) is 56.0 Å². The van der Waals surface area contributed by atoms with Crippen LogP contribution >= 0.6 is 0 Å². The zero-order chi connectivity index (χ0) is 24.4. The number of rotatable bonds is 7. The van der Waals surface area contributed by atoms with Crippen molar-refractivity contribution in [1.29, 1.82) is 0 Å². The van der Waals surface area contributed by atoms with Gasteiger partial charge in [-0.1, -0.05) is 48.7 Å². The molecule has 35 heavy (non-hydrogen) atoms. The molecule has 1 fully saturated rings. The molecule has 5 rings (SSSR count). The zero-order valence-corrected chi connectivity index (χ0v) is 20.3. The molecule has 0 bridgehead atoms. The topological polar surface area (TPSA) is 77.2 Å². The highest BCUT2D eigenvalue weighted by molar-refractivity contribution is 5.79. The summed E-state index contributed by atoms with van der Waals surface area (Å²) in [6.07, 6.45) is 5.37. The molecule has 0 aliphatic heterocycles. The molecule has 1 aliphatic rings. The van der Waals surface area contributed by atoms with Crippen molar-refractivity contribution in [2.24, 2.45) is 5.92 Å². The first-order valence-corrected chi connectivity index (χ1v) is 12.3. The Balaban J connectivity index is 1.53. The maximum atomic E-state index is 12.1. The average Bonchev–Trinajstić information content (AvgIpc) is 3.21. The lowest BCUT2D eigenvalue weighted by atomic mass is 9.78. The molecule has 4 aromatic rings. The molecule has 2 heterocycles. The van der Waals surface area contributed by atoms with Gasteiger partial charge in [-0.3, -0.25) is 9.78 Å². The van der Waals surface area contributed by atoms with E-state index in [-0.39, 0.29) is 5.92 Å². The van der Waals surface area contributed by atoms with Crippen LogP contribution in [-0.4, -0.2) is 25.6 Å². The van der Waals surface area contributed by atoms with Gasteiger partial charge in [-0.15, -0.1) is 0 Å². The van der Waals surface area contributed by atoms with E-state index in [9.17, 15) is 9.90 Å². The second-order valence-electron chi connectivity index (χ2n) is 9.65. The van der Waals surface area contributed by atoms with Gasteiger partial charge in [0.1, 0.15) is 18.2 Å². The minimum atomic E-state index is -0.724. The van der Waals surface area contributed by atoms with E-state index >= 15 is 0 Å². The minimum Gasteiger partial charge on any atom is -0.487 e. The molecule has 1 N–H and O–H groups in total. The maximum Gasteiger partial charge on any atom is 0.307 e. The van der Waals surface area contributed by atoms with Crippen LogP contribution in [0.5, 0.6) is 5.75 Å². The lowest BCUT2D eigenvalue weighted by Gasteiger charge is -2.28. The number of hydrogen-bond donors (Lipinski definition) is 1. The Labute approximate surface area is 205 Å². The Morgan fingerprint density at radius 1 is 1.06 bits per heavy atom. The highest BCUT2D eigenvalue weighted by atomic mass is 16.5. The van der Waals surface area contributed by atoms with Crippen LogP contribution in [0.2, 0.25) is 0 Å². The average molecular weight is 470 g/mol. The Morgan fingerprint density at radius 2 is 1.91 bits per heavy atom. The fraction of sp³-hybridized carbons (Fsp3) is 0.345. The maximum absolute atomic E-state index is 12.1. The zero-order valence-electron chi connectivity index (χ0n) is 20.3. The van der Waals surface area contributed by atoms with Crippen LogP contribution in [-0.2, 0) is 17.9 Å². The number of carboxylic acid groups (broad SMARTS) is 1. The van der Waals surface area contributed by atoms with Crippen molar-refractivity contribution in [1.82, 2.24) is 14.5 Å². The molecule has 1 aliphatic carbocycles. The van der Waals surface area contributed by atoms with Crippen molar-refractivity contribution >= 4 is 17.0 Å². The molecular weight excluding hydrogens is 438 g/mol. The summed E-state index contributed by atoms with van der Waals surface area (Å²) >= 11 is 0. The molecule has 180 valence electrons. The molecule has 2 aromatic heterocycles. The number of imidazole rings is 1. The van der Waals surface area contributed by atoms with E-state index in [1.165, 1.54) is 11.1 Å². The van der Waals surface area contributed by atoms with Crippen molar-refractivity contribution in [3.63, 3.8) is 0 Å². The monoisotopic (exact) mass is 469 g/mol. The van der Waals surface area contributed by atoms with Crippen molar-refractivity contribution in [3.05, 3.63) is 89.0 Å². The number of carbonyl (C=O) groups is 1. The molecule has 0 spiro atoms. The third-order valence-electron chi connectivity index (χ3n) is 6.95. The highest BCUT2D eigenvalue weighted by Crippen LogP contribution is 2.39. The van der Waals surface area contributed by atoms with Crippen LogP contribution in [0.1, 0.15) is 59.8 Å². The summed E-state index contributed by atoms with van der Waals surface area (Å²) in [7, 11) is 0. The van der Waals surface area contributed by atoms with Crippen molar-refractivity contribution < 1.29 is 14.6 Å². The number of pyridine rings is 1. The number of aliphatic carboxylic acids is 1. The summed E-state index contributed by atoms with van der Waals surface area (Å²) in [6, 6.07) is 18.4. The number of aromatic nitrogens is 3. The molecule has 6 nitrogen and oxygen atoms in total. The normalized spacial score (nSPS) is 18.0. The molecule has 0 unspecified atom stereocenters. The number of nitrogens with zero attached hydrogens (tertiary/aromatic N) is 3. The smallest absolute Gasteiger partial charge is 0.307 e. The van der Waals surface area contributed by atoms with Crippen molar-refractivity contribution in [3.8, 4) is 5.75 Å². The predicted octanol–water partition coefficient (Wildman–Crippen LogP) is 6.03. The Kier molecular flexibility index (Phi) is 6.53. The van der Waals surface area contributed by atoms with Gasteiger partial charge in [0.2, 0.25) is 0 Å². The summed E-state index contributed by atoms with van der Waals surface area (Å²) in [5, 5.41) is 9.94. The number of benzene rings is 2. The quantitative estimate of drug-likeness (QED) is 0.357. The number of ether oxygens (including phenoxy) is 1. The third-order valence-corrected chi connectivity index (χ3v) is 6.95. The first-order chi connectivity index (χ1) is 17.0. The first-order valence-electron chi connectivity index (χ1n) is 12.3. The van der Waals surface area contributed by atoms with Crippen molar-refractivity contribution in [2.45, 2.75) is 58.6 Å². The van der Waals surface area contributed by atoms with Gasteiger partial charge in [0.15, 0.2) is 0 Å². The molecule has 6 heteroatoms. The fourth-order valence-corrected chi connectivity index (χ4v) is 5.13. The number of carboxylic acids is 1. The molecule has 0 radical (unpaired) electrons. The SMILES string of the molecule is Cc1ccc(COc2ccc3nc([C@H]4CCCC[C@H]4C(=O)O)n(Cc4cccc(C)c4)c3c2)nc1. The fourth-order valence-electron chi connectivity index (χ4n) is 5.13. The Morgan fingerprint density at radius 3 is 2.69 bits per heavy atom. The first kappa shape index (κ1) is 23.1. The minimum absolute atomic E-state index is 0.0976. The van der Waals surface area contributed by atoms with E-state index in [1.807, 2.05) is 43.5 Å². The largest absolute Gasteiger partial charge is 0.487 e. The summed E-state index contributed by atoms with van der Waals surface area (Å²) in [5.41, 5.74) is 6.18. The highest BCUT2D eigenvalue weighted by Gasteiger charge is 2.35. The lowest BCUT2D eigenvalue weighted by molar-refractivity contribution is -0.143. The van der Waals surface area contributed by atoms with E-state index < -0.39 is 11.9 Å². The molecule has 1 saturated carbocycles. The van der Waals surface area contributed by atoms with Gasteiger partial charge >= 0.3 is 5.97 Å². The second kappa shape index (κ2) is 9.90. The van der Waals surface area contributed by atoms with Crippen LogP contribution in [0.3, 0.4) is 0 Å². The van der Waals surface area contributed by atoms with Crippen LogP contribution in [0.4, 0.5) is 0 Å². The number of fused-ring (bicyclic) bond motifs is 1. The molecule has 0 amide bonds. The van der Waals surface area contributed by atoms with Gasteiger partial charge in [0, 0.05) is 24.7 Å². The number of hydrogen-bond acceptors (Lipinski definition) is 4. The van der Waals surface area contributed by atoms with Crippen LogP contribution in [0.25, 0.3) is 11.0 Å². The molecular formula is C29H31N3O3. The Bertz CT molecular complexity index is 1340. The Hall–Kier alpha value is -3.67. The van der Waals surface area contributed by atoms with Gasteiger partial charge in [-0.25, -0.2) is 4.98 Å². The number of aryl methyl sites for hydroxylation is 2. The van der Waals surface area contributed by atoms with E-state index in [4.69, 9.17) is 9.72 Å². The van der Waals surface area contributed by atoms with Gasteiger partial charge in [0.05, 0.1) is 22.6 Å². The summed E-state index contributed by atoms with van der Waals surface area (Å²) in [6.45, 7) is 5.12. The standard InChI is InChI=1S/C29H31N3O3/c1-19-6-5-7-21(14-19)17-32-27-15-23(35-18-22-11-10-20(2)16-30-22)12-13-26(27)31-28(32)24-8-3-4-9-25(24)29(33)34/h5-7,10-16,24-25H,3-4,8-9,17-18H2,1-2H3,(H,33,34)/t24-,25+/m0/s1. The van der Waals surface area contributed by atoms with Gasteiger partial charge in [-0.2, -0.15) is 0 Å². The summed E-state index contributed by atoms with van der Waals surface area (Å²) in [4.78, 5) is 21.5. The van der Waals surface area contributed by atoms with E-state index in [0.717, 1.165) is 53.1 Å². The molecule has 2 aromatic carbocycles. The van der Waals surface area contributed by atoms with Crippen LogP contribution < -0.4 is 4.74 Å². The van der Waals surface area contributed by atoms with E-state index in [1.54, 1.807) is 0 Å². The lowest BCUT2D eigenvalue weighted by Crippen LogP contribution is -2.27. The van der Waals surface area contributed by atoms with Gasteiger partial charge < -0.3 is 14.4 Å². The van der Waals surface area contributed by atoms with Crippen LogP contribution in [0, 0.1) is 19.8 Å². The van der Waals surface area contributed by atoms with Gasteiger partial charge in [0.25, 0.3) is 0 Å². The second-order valence-corrected chi connectivity index (χ2v) is 9.65. The summed E-state index contributed by atoms with van der Waals surface area (Å²) < 4.78 is 8.28. The van der Waals surface area contributed by atoms with Crippen LogP contribution in [0.15, 0.2) is 60.8 Å². The predicted molar refractivity (Wildman–Crippen MR) is 136 cm³/mol. The van der Waals surface area contributed by atoms with E-state index in [0.29, 0.717) is 19.6 Å². The molecule has 0 saturated heterocycles. The summed E-state index contributed by atoms with van der Waals surface area (Å²) in [5.74, 6) is 0.388.